The van der Waals surface area contributed by atoms with Crippen molar-refractivity contribution >= 4 is 12.1 Å². The first-order chi connectivity index (χ1) is 10.9. The van der Waals surface area contributed by atoms with Crippen LogP contribution in [-0.4, -0.2) is 53.7 Å². The van der Waals surface area contributed by atoms with E-state index in [2.05, 4.69) is 0 Å². The molecule has 0 bridgehead atoms. The highest BCUT2D eigenvalue weighted by molar-refractivity contribution is 5.77. The smallest absolute Gasteiger partial charge is 0.410 e. The third-order valence-electron chi connectivity index (χ3n) is 3.78. The standard InChI is InChI=1S/C16H21NO6/c1-16(2)17(15(19)20)12(10-23-16)13(14(18)21-3)22-9-11-7-5-4-6-8-11/h4-8,12-13H,9-10H2,1-3H3,(H,19,20)/t12-,13?/m0/s1. The van der Waals surface area contributed by atoms with Gasteiger partial charge in [-0.1, -0.05) is 30.3 Å². The van der Waals surface area contributed by atoms with E-state index in [0.29, 0.717) is 0 Å². The van der Waals surface area contributed by atoms with Crippen molar-refractivity contribution in [1.29, 1.82) is 0 Å². The van der Waals surface area contributed by atoms with Crippen molar-refractivity contribution in [2.75, 3.05) is 13.7 Å². The molecule has 1 amide bonds. The number of amides is 1. The molecule has 1 heterocycles. The van der Waals surface area contributed by atoms with Crippen molar-refractivity contribution in [2.45, 2.75) is 38.3 Å². The van der Waals surface area contributed by atoms with Gasteiger partial charge in [0.25, 0.3) is 0 Å². The van der Waals surface area contributed by atoms with Gasteiger partial charge >= 0.3 is 12.1 Å². The van der Waals surface area contributed by atoms with Crippen LogP contribution in [0, 0.1) is 0 Å². The predicted octanol–water partition coefficient (Wildman–Crippen LogP) is 1.86. The zero-order valence-electron chi connectivity index (χ0n) is 13.4. The van der Waals surface area contributed by atoms with Gasteiger partial charge in [-0.25, -0.2) is 9.59 Å². The molecule has 1 fully saturated rings. The monoisotopic (exact) mass is 323 g/mol. The second-order valence-corrected chi connectivity index (χ2v) is 5.72. The lowest BCUT2D eigenvalue weighted by Crippen LogP contribution is -2.54. The highest BCUT2D eigenvalue weighted by Gasteiger charge is 2.50. The molecule has 1 aromatic rings. The summed E-state index contributed by atoms with van der Waals surface area (Å²) in [6.07, 6.45) is -2.23. The molecule has 1 aromatic carbocycles. The first-order valence-electron chi connectivity index (χ1n) is 7.26. The van der Waals surface area contributed by atoms with Crippen molar-refractivity contribution in [3.8, 4) is 0 Å². The number of hydrogen-bond acceptors (Lipinski definition) is 5. The van der Waals surface area contributed by atoms with Gasteiger partial charge in [0, 0.05) is 0 Å². The van der Waals surface area contributed by atoms with Gasteiger partial charge < -0.3 is 19.3 Å². The van der Waals surface area contributed by atoms with E-state index in [-0.39, 0.29) is 13.2 Å². The predicted molar refractivity (Wildman–Crippen MR) is 80.7 cm³/mol. The highest BCUT2D eigenvalue weighted by Crippen LogP contribution is 2.30. The minimum Gasteiger partial charge on any atom is -0.467 e. The summed E-state index contributed by atoms with van der Waals surface area (Å²) in [5.41, 5.74) is -0.153. The summed E-state index contributed by atoms with van der Waals surface area (Å²) in [6.45, 7) is 3.50. The van der Waals surface area contributed by atoms with E-state index in [1.807, 2.05) is 30.3 Å². The maximum absolute atomic E-state index is 12.1. The summed E-state index contributed by atoms with van der Waals surface area (Å²) in [5, 5.41) is 9.45. The van der Waals surface area contributed by atoms with Crippen LogP contribution in [0.4, 0.5) is 4.79 Å². The Morgan fingerprint density at radius 1 is 1.39 bits per heavy atom. The molecule has 1 aliphatic rings. The second kappa shape index (κ2) is 6.97. The number of ether oxygens (including phenoxy) is 3. The molecule has 0 radical (unpaired) electrons. The molecule has 2 rings (SSSR count). The normalized spacial score (nSPS) is 21.0. The molecular formula is C16H21NO6. The lowest BCUT2D eigenvalue weighted by atomic mass is 10.1. The van der Waals surface area contributed by atoms with Gasteiger partial charge in [0.1, 0.15) is 5.72 Å². The number of benzene rings is 1. The first kappa shape index (κ1) is 17.2. The van der Waals surface area contributed by atoms with Gasteiger partial charge in [-0.3, -0.25) is 4.90 Å². The largest absolute Gasteiger partial charge is 0.467 e. The Hall–Kier alpha value is -2.12. The molecule has 1 N–H and O–H groups in total. The van der Waals surface area contributed by atoms with Crippen molar-refractivity contribution in [1.82, 2.24) is 4.90 Å². The molecule has 1 aliphatic heterocycles. The van der Waals surface area contributed by atoms with E-state index in [1.54, 1.807) is 13.8 Å². The van der Waals surface area contributed by atoms with Crippen LogP contribution in [0.25, 0.3) is 0 Å². The fourth-order valence-electron chi connectivity index (χ4n) is 2.64. The molecular weight excluding hydrogens is 302 g/mol. The average Bonchev–Trinajstić information content (AvgIpc) is 2.83. The van der Waals surface area contributed by atoms with Gasteiger partial charge in [0.05, 0.1) is 26.4 Å². The van der Waals surface area contributed by atoms with Gasteiger partial charge in [-0.15, -0.1) is 0 Å². The van der Waals surface area contributed by atoms with Gasteiger partial charge in [0.2, 0.25) is 0 Å². The molecule has 0 aliphatic carbocycles. The van der Waals surface area contributed by atoms with Crippen molar-refractivity contribution in [2.24, 2.45) is 0 Å². The Morgan fingerprint density at radius 3 is 2.61 bits per heavy atom. The lowest BCUT2D eigenvalue weighted by Gasteiger charge is -2.33. The van der Waals surface area contributed by atoms with Crippen LogP contribution in [-0.2, 0) is 25.6 Å². The average molecular weight is 323 g/mol. The number of hydrogen-bond donors (Lipinski definition) is 1. The third-order valence-corrected chi connectivity index (χ3v) is 3.78. The molecule has 0 saturated carbocycles. The summed E-state index contributed by atoms with van der Waals surface area (Å²) in [6, 6.07) is 8.55. The minimum absolute atomic E-state index is 0.0633. The Morgan fingerprint density at radius 2 is 2.04 bits per heavy atom. The Bertz CT molecular complexity index is 559. The number of rotatable bonds is 5. The second-order valence-electron chi connectivity index (χ2n) is 5.72. The fraction of sp³-hybridized carbons (Fsp3) is 0.500. The Kier molecular flexibility index (Phi) is 5.23. The highest BCUT2D eigenvalue weighted by atomic mass is 16.6. The Balaban J connectivity index is 2.18. The molecule has 7 heteroatoms. The topological polar surface area (TPSA) is 85.3 Å². The van der Waals surface area contributed by atoms with Crippen LogP contribution in [0.3, 0.4) is 0 Å². The summed E-state index contributed by atoms with van der Waals surface area (Å²) in [5.74, 6) is -0.626. The number of carbonyl (C=O) groups excluding carboxylic acids is 1. The maximum Gasteiger partial charge on any atom is 0.410 e. The molecule has 0 aromatic heterocycles. The van der Waals surface area contributed by atoms with E-state index < -0.39 is 29.9 Å². The summed E-state index contributed by atoms with van der Waals surface area (Å²) >= 11 is 0. The summed E-state index contributed by atoms with van der Waals surface area (Å²) in [7, 11) is 1.24. The molecule has 0 spiro atoms. The molecule has 7 nitrogen and oxygen atoms in total. The summed E-state index contributed by atoms with van der Waals surface area (Å²) < 4.78 is 16.0. The quantitative estimate of drug-likeness (QED) is 0.833. The number of carboxylic acid groups (broad SMARTS) is 1. The summed E-state index contributed by atoms with van der Waals surface area (Å²) in [4.78, 5) is 24.7. The van der Waals surface area contributed by atoms with Crippen molar-refractivity contribution in [3.63, 3.8) is 0 Å². The number of methoxy groups -OCH3 is 1. The van der Waals surface area contributed by atoms with E-state index in [4.69, 9.17) is 14.2 Å². The van der Waals surface area contributed by atoms with Gasteiger partial charge in [0.15, 0.2) is 6.10 Å². The molecule has 1 saturated heterocycles. The van der Waals surface area contributed by atoms with E-state index in [1.165, 1.54) is 7.11 Å². The van der Waals surface area contributed by atoms with Crippen LogP contribution in [0.1, 0.15) is 19.4 Å². The number of carbonyl (C=O) groups is 2. The first-order valence-corrected chi connectivity index (χ1v) is 7.26. The maximum atomic E-state index is 12.1. The minimum atomic E-state index is -1.17. The van der Waals surface area contributed by atoms with Crippen LogP contribution < -0.4 is 0 Å². The van der Waals surface area contributed by atoms with Crippen LogP contribution in [0.5, 0.6) is 0 Å². The van der Waals surface area contributed by atoms with E-state index in [9.17, 15) is 14.7 Å². The van der Waals surface area contributed by atoms with Crippen molar-refractivity contribution in [3.05, 3.63) is 35.9 Å². The SMILES string of the molecule is COC(=O)C(OCc1ccccc1)[C@@H]1COC(C)(C)N1C(=O)O. The van der Waals surface area contributed by atoms with Crippen LogP contribution in [0.2, 0.25) is 0 Å². The molecule has 126 valence electrons. The van der Waals surface area contributed by atoms with Gasteiger partial charge in [-0.2, -0.15) is 0 Å². The van der Waals surface area contributed by atoms with Gasteiger partial charge in [-0.05, 0) is 19.4 Å². The molecule has 23 heavy (non-hydrogen) atoms. The van der Waals surface area contributed by atoms with Crippen LogP contribution in [0.15, 0.2) is 30.3 Å². The fourth-order valence-corrected chi connectivity index (χ4v) is 2.64. The third kappa shape index (κ3) is 3.80. The zero-order valence-corrected chi connectivity index (χ0v) is 13.4. The molecule has 1 unspecified atom stereocenters. The lowest BCUT2D eigenvalue weighted by molar-refractivity contribution is -0.159. The van der Waals surface area contributed by atoms with Crippen LogP contribution >= 0.6 is 0 Å². The molecule has 2 atom stereocenters. The zero-order chi connectivity index (χ0) is 17.0. The van der Waals surface area contributed by atoms with E-state index in [0.717, 1.165) is 10.5 Å². The van der Waals surface area contributed by atoms with Crippen molar-refractivity contribution < 1.29 is 28.9 Å². The number of esters is 1. The number of nitrogens with zero attached hydrogens (tertiary/aromatic N) is 1. The van der Waals surface area contributed by atoms with E-state index >= 15 is 0 Å². The Labute approximate surface area is 134 Å².